The predicted octanol–water partition coefficient (Wildman–Crippen LogP) is 2.29. The van der Waals surface area contributed by atoms with E-state index in [-0.39, 0.29) is 23.5 Å². The van der Waals surface area contributed by atoms with Crippen molar-refractivity contribution in [3.05, 3.63) is 29.8 Å². The van der Waals surface area contributed by atoms with E-state index < -0.39 is 0 Å². The van der Waals surface area contributed by atoms with E-state index in [9.17, 15) is 14.7 Å². The number of benzene rings is 1. The highest BCUT2D eigenvalue weighted by Gasteiger charge is 2.38. The topological polar surface area (TPSA) is 69.6 Å². The van der Waals surface area contributed by atoms with Crippen molar-refractivity contribution in [2.24, 2.45) is 11.8 Å². The molecule has 0 bridgehead atoms. The van der Waals surface area contributed by atoms with Crippen LogP contribution in [0.25, 0.3) is 0 Å². The molecule has 0 heterocycles. The maximum Gasteiger partial charge on any atom is 0.224 e. The summed E-state index contributed by atoms with van der Waals surface area (Å²) in [6, 6.07) is 7.06. The highest BCUT2D eigenvalue weighted by molar-refractivity contribution is 5.82. The van der Waals surface area contributed by atoms with Crippen molar-refractivity contribution < 1.29 is 14.7 Å². The van der Waals surface area contributed by atoms with Crippen molar-refractivity contribution in [2.45, 2.75) is 39.7 Å². The van der Waals surface area contributed by atoms with E-state index in [0.29, 0.717) is 32.0 Å². The Balaban J connectivity index is 1.83. The molecule has 0 aromatic heterocycles. The largest absolute Gasteiger partial charge is 0.508 e. The smallest absolute Gasteiger partial charge is 0.224 e. The van der Waals surface area contributed by atoms with Gasteiger partial charge in [-0.25, -0.2) is 0 Å². The summed E-state index contributed by atoms with van der Waals surface area (Å²) < 4.78 is 0. The Morgan fingerprint density at radius 2 is 2.04 bits per heavy atom. The van der Waals surface area contributed by atoms with Crippen LogP contribution in [0.2, 0.25) is 0 Å². The Hall–Kier alpha value is -2.04. The van der Waals surface area contributed by atoms with Crippen LogP contribution in [0.3, 0.4) is 0 Å². The fourth-order valence-electron chi connectivity index (χ4n) is 2.68. The number of carbonyl (C=O) groups excluding carboxylic acids is 2. The van der Waals surface area contributed by atoms with Crippen LogP contribution >= 0.6 is 0 Å². The lowest BCUT2D eigenvalue weighted by Gasteiger charge is -2.23. The maximum atomic E-state index is 12.4. The minimum Gasteiger partial charge on any atom is -0.508 e. The zero-order valence-electron chi connectivity index (χ0n) is 13.9. The molecular weight excluding hydrogens is 292 g/mol. The van der Waals surface area contributed by atoms with Crippen LogP contribution in [0.15, 0.2) is 24.3 Å². The summed E-state index contributed by atoms with van der Waals surface area (Å²) in [4.78, 5) is 25.9. The van der Waals surface area contributed by atoms with Gasteiger partial charge in [0, 0.05) is 37.5 Å². The number of phenols is 1. The molecule has 0 aliphatic heterocycles. The minimum absolute atomic E-state index is 0.000696. The van der Waals surface area contributed by atoms with E-state index in [1.54, 1.807) is 17.0 Å². The summed E-state index contributed by atoms with van der Waals surface area (Å²) in [6.07, 6.45) is 2.10. The van der Waals surface area contributed by atoms with Crippen LogP contribution in [0.4, 0.5) is 0 Å². The van der Waals surface area contributed by atoms with Crippen LogP contribution in [-0.4, -0.2) is 34.9 Å². The first-order valence-electron chi connectivity index (χ1n) is 8.35. The molecule has 1 saturated carbocycles. The molecular formula is C18H26N2O3. The van der Waals surface area contributed by atoms with Crippen molar-refractivity contribution in [3.63, 3.8) is 0 Å². The van der Waals surface area contributed by atoms with Gasteiger partial charge in [-0.15, -0.1) is 0 Å². The quantitative estimate of drug-likeness (QED) is 0.772. The molecule has 1 aromatic carbocycles. The molecule has 0 radical (unpaired) electrons. The van der Waals surface area contributed by atoms with Gasteiger partial charge in [0.1, 0.15) is 5.75 Å². The Morgan fingerprint density at radius 3 is 2.65 bits per heavy atom. The van der Waals surface area contributed by atoms with Crippen molar-refractivity contribution >= 4 is 11.8 Å². The molecule has 2 N–H and O–H groups in total. The second-order valence-corrected chi connectivity index (χ2v) is 6.30. The van der Waals surface area contributed by atoms with E-state index in [1.807, 2.05) is 19.1 Å². The molecule has 0 saturated heterocycles. The summed E-state index contributed by atoms with van der Waals surface area (Å²) in [6.45, 7) is 5.49. The van der Waals surface area contributed by atoms with Gasteiger partial charge in [0.2, 0.25) is 11.8 Å². The molecule has 5 nitrogen and oxygen atoms in total. The lowest BCUT2D eigenvalue weighted by atomic mass is 10.1. The van der Waals surface area contributed by atoms with Crippen LogP contribution in [-0.2, 0) is 16.1 Å². The summed E-state index contributed by atoms with van der Waals surface area (Å²) in [5.74, 6) is 0.881. The minimum atomic E-state index is -0.000696. The monoisotopic (exact) mass is 318 g/mol. The van der Waals surface area contributed by atoms with E-state index in [0.717, 1.165) is 18.4 Å². The second-order valence-electron chi connectivity index (χ2n) is 6.30. The zero-order chi connectivity index (χ0) is 16.8. The number of nitrogens with zero attached hydrogens (tertiary/aromatic N) is 1. The Labute approximate surface area is 137 Å². The number of hydrogen-bond acceptors (Lipinski definition) is 3. The number of para-hydroxylation sites is 1. The summed E-state index contributed by atoms with van der Waals surface area (Å²) in [5.41, 5.74) is 0.741. The van der Waals surface area contributed by atoms with E-state index >= 15 is 0 Å². The fraction of sp³-hybridized carbons (Fsp3) is 0.556. The van der Waals surface area contributed by atoms with Gasteiger partial charge in [0.15, 0.2) is 0 Å². The number of hydrogen-bond donors (Lipinski definition) is 2. The van der Waals surface area contributed by atoms with Crippen LogP contribution < -0.4 is 5.32 Å². The first-order valence-corrected chi connectivity index (χ1v) is 8.35. The van der Waals surface area contributed by atoms with Gasteiger partial charge in [-0.2, -0.15) is 0 Å². The molecule has 1 aromatic rings. The maximum absolute atomic E-state index is 12.4. The lowest BCUT2D eigenvalue weighted by molar-refractivity contribution is -0.132. The predicted molar refractivity (Wildman–Crippen MR) is 88.7 cm³/mol. The van der Waals surface area contributed by atoms with Crippen LogP contribution in [0.1, 0.15) is 38.7 Å². The van der Waals surface area contributed by atoms with Gasteiger partial charge < -0.3 is 15.3 Å². The number of carbonyl (C=O) groups is 2. The molecule has 0 unspecified atom stereocenters. The van der Waals surface area contributed by atoms with Gasteiger partial charge in [-0.1, -0.05) is 32.0 Å². The number of rotatable bonds is 8. The molecule has 23 heavy (non-hydrogen) atoms. The molecule has 2 atom stereocenters. The molecule has 2 rings (SSSR count). The molecule has 0 spiro atoms. The van der Waals surface area contributed by atoms with Gasteiger partial charge >= 0.3 is 0 Å². The number of phenolic OH excluding ortho intramolecular Hbond substituents is 1. The second kappa shape index (κ2) is 7.99. The molecule has 1 aliphatic carbocycles. The van der Waals surface area contributed by atoms with Crippen molar-refractivity contribution in [1.29, 1.82) is 0 Å². The molecule has 2 amide bonds. The Morgan fingerprint density at radius 1 is 1.35 bits per heavy atom. The van der Waals surface area contributed by atoms with Crippen molar-refractivity contribution in [1.82, 2.24) is 10.2 Å². The van der Waals surface area contributed by atoms with Gasteiger partial charge in [0.25, 0.3) is 0 Å². The molecule has 5 heteroatoms. The molecule has 126 valence electrons. The zero-order valence-corrected chi connectivity index (χ0v) is 13.9. The third kappa shape index (κ3) is 4.98. The first kappa shape index (κ1) is 17.3. The van der Waals surface area contributed by atoms with Crippen molar-refractivity contribution in [3.8, 4) is 5.75 Å². The summed E-state index contributed by atoms with van der Waals surface area (Å²) in [7, 11) is 0. The van der Waals surface area contributed by atoms with E-state index in [4.69, 9.17) is 0 Å². The average Bonchev–Trinajstić information content (AvgIpc) is 3.25. The summed E-state index contributed by atoms with van der Waals surface area (Å²) in [5, 5.41) is 12.7. The first-order chi connectivity index (χ1) is 11.0. The number of nitrogens with one attached hydrogen (secondary N) is 1. The van der Waals surface area contributed by atoms with Gasteiger partial charge in [-0.05, 0) is 24.8 Å². The number of aromatic hydroxyl groups is 1. The van der Waals surface area contributed by atoms with Crippen molar-refractivity contribution in [2.75, 3.05) is 13.1 Å². The normalized spacial score (nSPS) is 19.2. The third-order valence-corrected chi connectivity index (χ3v) is 4.28. The van der Waals surface area contributed by atoms with Crippen LogP contribution in [0, 0.1) is 11.8 Å². The van der Waals surface area contributed by atoms with E-state index in [2.05, 4.69) is 12.2 Å². The highest BCUT2D eigenvalue weighted by Crippen LogP contribution is 2.37. The Kier molecular flexibility index (Phi) is 6.02. The lowest BCUT2D eigenvalue weighted by Crippen LogP contribution is -2.35. The average molecular weight is 318 g/mol. The van der Waals surface area contributed by atoms with Gasteiger partial charge in [-0.3, -0.25) is 9.59 Å². The Bertz CT molecular complexity index is 559. The summed E-state index contributed by atoms with van der Waals surface area (Å²) >= 11 is 0. The fourth-order valence-corrected chi connectivity index (χ4v) is 2.68. The van der Waals surface area contributed by atoms with E-state index in [1.165, 1.54) is 0 Å². The number of amides is 2. The third-order valence-electron chi connectivity index (χ3n) is 4.28. The SMILES string of the molecule is CCCN(Cc1ccccc1O)C(=O)CCNC(=O)[C@H]1C[C@@H]1C. The standard InChI is InChI=1S/C18H26N2O3/c1-3-10-20(12-14-6-4-5-7-16(14)21)17(22)8-9-19-18(23)15-11-13(15)2/h4-7,13,15,21H,3,8-12H2,1-2H3,(H,19,23)/t13-,15-/m0/s1. The molecule has 1 fully saturated rings. The van der Waals surface area contributed by atoms with Gasteiger partial charge in [0.05, 0.1) is 0 Å². The van der Waals surface area contributed by atoms with Crippen LogP contribution in [0.5, 0.6) is 5.75 Å². The highest BCUT2D eigenvalue weighted by atomic mass is 16.3. The molecule has 1 aliphatic rings.